The number of nitrogens with one attached hydrogen (secondary N) is 1. The fraction of sp³-hybridized carbons (Fsp3) is 0.564. The number of nitrogens with zero attached hydrogens (tertiary/aromatic N) is 1. The molecule has 1 aromatic heterocycles. The van der Waals surface area contributed by atoms with Crippen LogP contribution in [-0.4, -0.2) is 6.54 Å². The topological polar surface area (TPSA) is 15.9 Å². The lowest BCUT2D eigenvalue weighted by Gasteiger charge is -2.06. The Morgan fingerprint density at radius 3 is 1.71 bits per heavy atom. The standard InChI is InChI=1S/C39H58N2.HI/c1-3-5-7-8-9-10-11-12-13-14-15-16-17-18-19-22-33-41-34-31-36(38-23-20-21-24-39(38)41)28-25-35-26-29-37(30-27-35)40-32-6-4-2;/h20-21,23-31,34H,3-19,22,32-33H2,1-2H3;1H. The normalized spacial score (nSPS) is 11.3. The minimum absolute atomic E-state index is 0. The molecule has 0 spiro atoms. The minimum atomic E-state index is 0. The highest BCUT2D eigenvalue weighted by Crippen LogP contribution is 2.20. The van der Waals surface area contributed by atoms with E-state index in [2.05, 4.69) is 96.7 Å². The monoisotopic (exact) mass is 682 g/mol. The average molecular weight is 683 g/mol. The summed E-state index contributed by atoms with van der Waals surface area (Å²) in [7, 11) is 0. The van der Waals surface area contributed by atoms with Gasteiger partial charge in [0.05, 0.1) is 5.39 Å². The molecule has 2 aromatic carbocycles. The van der Waals surface area contributed by atoms with Gasteiger partial charge in [0.25, 0.3) is 0 Å². The fourth-order valence-corrected chi connectivity index (χ4v) is 5.79. The number of unbranched alkanes of at least 4 members (excludes halogenated alkanes) is 16. The highest BCUT2D eigenvalue weighted by atomic mass is 127. The third-order valence-corrected chi connectivity index (χ3v) is 8.44. The Bertz CT molecular complexity index is 1110. The van der Waals surface area contributed by atoms with Gasteiger partial charge in [-0.05, 0) is 42.2 Å². The molecule has 0 aliphatic rings. The van der Waals surface area contributed by atoms with Crippen molar-refractivity contribution in [2.24, 2.45) is 0 Å². The minimum Gasteiger partial charge on any atom is -1.00 e. The summed E-state index contributed by atoms with van der Waals surface area (Å²) in [5, 5.41) is 4.83. The number of halogens is 1. The van der Waals surface area contributed by atoms with E-state index >= 15 is 0 Å². The van der Waals surface area contributed by atoms with E-state index in [1.807, 2.05) is 0 Å². The van der Waals surface area contributed by atoms with Gasteiger partial charge in [-0.25, -0.2) is 0 Å². The van der Waals surface area contributed by atoms with E-state index < -0.39 is 0 Å². The molecule has 0 saturated carbocycles. The van der Waals surface area contributed by atoms with E-state index in [-0.39, 0.29) is 24.0 Å². The third kappa shape index (κ3) is 14.5. The number of hydrogen-bond donors (Lipinski definition) is 1. The number of fused-ring (bicyclic) bond motifs is 1. The molecule has 3 rings (SSSR count). The highest BCUT2D eigenvalue weighted by Gasteiger charge is 2.10. The molecule has 3 heteroatoms. The summed E-state index contributed by atoms with van der Waals surface area (Å²) in [6.45, 7) is 6.68. The quantitative estimate of drug-likeness (QED) is 0.0601. The molecule has 0 unspecified atom stereocenters. The van der Waals surface area contributed by atoms with Gasteiger partial charge in [-0.15, -0.1) is 0 Å². The number of hydrogen-bond acceptors (Lipinski definition) is 1. The maximum Gasteiger partial charge on any atom is 0.213 e. The van der Waals surface area contributed by atoms with Crippen LogP contribution in [0.25, 0.3) is 23.1 Å². The van der Waals surface area contributed by atoms with E-state index in [1.54, 1.807) is 0 Å². The molecule has 2 nitrogen and oxygen atoms in total. The Hall–Kier alpha value is -1.88. The van der Waals surface area contributed by atoms with Crippen molar-refractivity contribution in [2.75, 3.05) is 11.9 Å². The van der Waals surface area contributed by atoms with Gasteiger partial charge in [-0.3, -0.25) is 0 Å². The zero-order valence-corrected chi connectivity index (χ0v) is 29.1. The maximum absolute atomic E-state index is 3.50. The van der Waals surface area contributed by atoms with Crippen LogP contribution in [0, 0.1) is 0 Å². The van der Waals surface area contributed by atoms with E-state index in [9.17, 15) is 0 Å². The third-order valence-electron chi connectivity index (χ3n) is 8.44. The van der Waals surface area contributed by atoms with E-state index in [1.165, 1.54) is 143 Å². The van der Waals surface area contributed by atoms with Crippen molar-refractivity contribution < 1.29 is 28.5 Å². The second-order valence-electron chi connectivity index (χ2n) is 12.0. The highest BCUT2D eigenvalue weighted by molar-refractivity contribution is 5.88. The summed E-state index contributed by atoms with van der Waals surface area (Å²) in [4.78, 5) is 0. The number of rotatable bonds is 23. The SMILES string of the molecule is CCCCCCCCCCCCCCCCCC[n+]1ccc(C=Cc2ccc(NCCCC)cc2)c2ccccc21.[I-]. The molecule has 0 saturated heterocycles. The van der Waals surface area contributed by atoms with Crippen LogP contribution in [0.2, 0.25) is 0 Å². The first kappa shape index (κ1) is 36.3. The van der Waals surface area contributed by atoms with E-state index in [0.29, 0.717) is 0 Å². The van der Waals surface area contributed by atoms with Crippen molar-refractivity contribution in [1.29, 1.82) is 0 Å². The molecular weight excluding hydrogens is 623 g/mol. The first-order valence-corrected chi connectivity index (χ1v) is 17.2. The summed E-state index contributed by atoms with van der Waals surface area (Å²) in [5.41, 5.74) is 5.07. The lowest BCUT2D eigenvalue weighted by Crippen LogP contribution is -3.00. The van der Waals surface area contributed by atoms with Crippen LogP contribution in [0.1, 0.15) is 141 Å². The van der Waals surface area contributed by atoms with Gasteiger partial charge < -0.3 is 29.3 Å². The van der Waals surface area contributed by atoms with Gasteiger partial charge in [0, 0.05) is 30.8 Å². The van der Waals surface area contributed by atoms with Crippen LogP contribution in [-0.2, 0) is 6.54 Å². The predicted octanol–water partition coefficient (Wildman–Crippen LogP) is 8.78. The number of pyridine rings is 1. The number of aryl methyl sites for hydroxylation is 1. The smallest absolute Gasteiger partial charge is 0.213 e. The zero-order chi connectivity index (χ0) is 28.8. The zero-order valence-electron chi connectivity index (χ0n) is 26.9. The largest absolute Gasteiger partial charge is 1.00 e. The molecule has 232 valence electrons. The second-order valence-corrected chi connectivity index (χ2v) is 12.0. The summed E-state index contributed by atoms with van der Waals surface area (Å²) in [6, 6.07) is 19.9. The fourth-order valence-electron chi connectivity index (χ4n) is 5.79. The van der Waals surface area contributed by atoms with Crippen LogP contribution in [0.15, 0.2) is 60.8 Å². The van der Waals surface area contributed by atoms with Crippen molar-refractivity contribution in [3.8, 4) is 0 Å². The van der Waals surface area contributed by atoms with Crippen LogP contribution >= 0.6 is 0 Å². The molecule has 3 aromatic rings. The first-order chi connectivity index (χ1) is 20.3. The van der Waals surface area contributed by atoms with E-state index in [4.69, 9.17) is 0 Å². The summed E-state index contributed by atoms with van der Waals surface area (Å²) in [5.74, 6) is 0. The molecule has 1 N–H and O–H groups in total. The summed E-state index contributed by atoms with van der Waals surface area (Å²) < 4.78 is 2.45. The van der Waals surface area contributed by atoms with Crippen molar-refractivity contribution in [3.63, 3.8) is 0 Å². The Labute approximate surface area is 275 Å². The molecule has 0 radical (unpaired) electrons. The van der Waals surface area contributed by atoms with Crippen molar-refractivity contribution in [2.45, 2.75) is 136 Å². The van der Waals surface area contributed by atoms with Gasteiger partial charge in [-0.2, -0.15) is 4.57 Å². The Balaban J connectivity index is 0.00000616. The van der Waals surface area contributed by atoms with Crippen molar-refractivity contribution in [1.82, 2.24) is 0 Å². The maximum atomic E-state index is 3.50. The number of anilines is 1. The molecule has 0 amide bonds. The molecule has 0 fully saturated rings. The molecule has 1 heterocycles. The van der Waals surface area contributed by atoms with Gasteiger partial charge >= 0.3 is 0 Å². The molecule has 0 aliphatic carbocycles. The summed E-state index contributed by atoms with van der Waals surface area (Å²) in [6.07, 6.45) is 31.9. The van der Waals surface area contributed by atoms with Gasteiger partial charge in [0.2, 0.25) is 5.52 Å². The Morgan fingerprint density at radius 1 is 0.571 bits per heavy atom. The first-order valence-electron chi connectivity index (χ1n) is 17.2. The molecule has 0 aliphatic heterocycles. The lowest BCUT2D eigenvalue weighted by atomic mass is 10.0. The van der Waals surface area contributed by atoms with Crippen molar-refractivity contribution in [3.05, 3.63) is 71.9 Å². The Morgan fingerprint density at radius 2 is 1.12 bits per heavy atom. The lowest BCUT2D eigenvalue weighted by molar-refractivity contribution is -0.671. The number of benzene rings is 2. The average Bonchev–Trinajstić information content (AvgIpc) is 3.01. The predicted molar refractivity (Wildman–Crippen MR) is 182 cm³/mol. The number of aromatic nitrogens is 1. The van der Waals surface area contributed by atoms with Crippen LogP contribution in [0.5, 0.6) is 0 Å². The summed E-state index contributed by atoms with van der Waals surface area (Å²) >= 11 is 0. The van der Waals surface area contributed by atoms with Gasteiger partial charge in [0.15, 0.2) is 6.20 Å². The number of para-hydroxylation sites is 1. The molecule has 0 bridgehead atoms. The van der Waals surface area contributed by atoms with Crippen LogP contribution in [0.4, 0.5) is 5.69 Å². The van der Waals surface area contributed by atoms with Crippen molar-refractivity contribution >= 4 is 28.7 Å². The van der Waals surface area contributed by atoms with E-state index in [0.717, 1.165) is 13.1 Å². The molecule has 42 heavy (non-hydrogen) atoms. The Kier molecular flexibility index (Phi) is 20.4. The second kappa shape index (κ2) is 23.6. The van der Waals surface area contributed by atoms with Gasteiger partial charge in [-0.1, -0.05) is 147 Å². The van der Waals surface area contributed by atoms with Crippen LogP contribution < -0.4 is 33.9 Å². The molecular formula is C39H59IN2. The van der Waals surface area contributed by atoms with Gasteiger partial charge in [0.1, 0.15) is 6.54 Å². The molecule has 0 atom stereocenters. The van der Waals surface area contributed by atoms with Crippen LogP contribution in [0.3, 0.4) is 0 Å².